The van der Waals surface area contributed by atoms with Gasteiger partial charge in [-0.3, -0.25) is 4.79 Å². The maximum Gasteiger partial charge on any atom is 0.249 e. The van der Waals surface area contributed by atoms with Gasteiger partial charge in [-0.2, -0.15) is 0 Å². The van der Waals surface area contributed by atoms with Gasteiger partial charge in [0.15, 0.2) is 0 Å². The van der Waals surface area contributed by atoms with Gasteiger partial charge < -0.3 is 4.90 Å². The molecule has 0 aliphatic carbocycles. The van der Waals surface area contributed by atoms with Gasteiger partial charge in [0.2, 0.25) is 5.91 Å². The Morgan fingerprint density at radius 3 is 2.40 bits per heavy atom. The third-order valence-corrected chi connectivity index (χ3v) is 1.82. The van der Waals surface area contributed by atoms with Gasteiger partial charge in [-0.1, -0.05) is 6.08 Å². The van der Waals surface area contributed by atoms with Crippen LogP contribution in [0.4, 0.5) is 0 Å². The molecule has 1 rings (SSSR count). The van der Waals surface area contributed by atoms with E-state index in [4.69, 9.17) is 0 Å². The van der Waals surface area contributed by atoms with Crippen LogP contribution < -0.4 is 0 Å². The van der Waals surface area contributed by atoms with Crippen LogP contribution >= 0.6 is 0 Å². The largest absolute Gasteiger partial charge is 0.333 e. The highest BCUT2D eigenvalue weighted by molar-refractivity contribution is 5.95. The molecule has 0 atom stereocenters. The summed E-state index contributed by atoms with van der Waals surface area (Å²) >= 11 is 0. The third kappa shape index (κ3) is 1.06. The summed E-state index contributed by atoms with van der Waals surface area (Å²) in [4.78, 5) is 13.1. The van der Waals surface area contributed by atoms with Crippen LogP contribution in [-0.2, 0) is 4.79 Å². The van der Waals surface area contributed by atoms with Gasteiger partial charge >= 0.3 is 0 Å². The Balaban J connectivity index is 2.65. The highest BCUT2D eigenvalue weighted by Gasteiger charge is 2.21. The summed E-state index contributed by atoms with van der Waals surface area (Å²) in [5.41, 5.74) is 0.883. The lowest BCUT2D eigenvalue weighted by Crippen LogP contribution is -2.33. The fraction of sp³-hybridized carbons (Fsp3) is 0.625. The smallest absolute Gasteiger partial charge is 0.249 e. The Hall–Kier alpha value is -0.790. The molecule has 0 aromatic rings. The highest BCUT2D eigenvalue weighted by atomic mass is 16.2. The van der Waals surface area contributed by atoms with Crippen LogP contribution in [0.25, 0.3) is 0 Å². The van der Waals surface area contributed by atoms with E-state index in [9.17, 15) is 4.79 Å². The van der Waals surface area contributed by atoms with Crippen LogP contribution in [0.1, 0.15) is 20.8 Å². The molecule has 10 heavy (non-hydrogen) atoms. The zero-order valence-electron chi connectivity index (χ0n) is 6.72. The molecule has 1 aliphatic heterocycles. The summed E-state index contributed by atoms with van der Waals surface area (Å²) in [6.07, 6.45) is 1.97. The third-order valence-electron chi connectivity index (χ3n) is 1.82. The molecule has 0 bridgehead atoms. The predicted molar refractivity (Wildman–Crippen MR) is 40.6 cm³/mol. The first-order valence-corrected chi connectivity index (χ1v) is 3.60. The molecule has 0 aromatic carbocycles. The van der Waals surface area contributed by atoms with E-state index in [1.165, 1.54) is 0 Å². The maximum atomic E-state index is 11.2. The lowest BCUT2D eigenvalue weighted by atomic mass is 10.3. The van der Waals surface area contributed by atoms with Crippen LogP contribution in [-0.4, -0.2) is 23.4 Å². The van der Waals surface area contributed by atoms with Gasteiger partial charge in [-0.25, -0.2) is 0 Å². The van der Waals surface area contributed by atoms with E-state index < -0.39 is 0 Å². The second kappa shape index (κ2) is 2.45. The molecule has 1 aliphatic rings. The minimum absolute atomic E-state index is 0.190. The van der Waals surface area contributed by atoms with Crippen molar-refractivity contribution in [1.82, 2.24) is 4.90 Å². The van der Waals surface area contributed by atoms with Crippen molar-refractivity contribution in [3.8, 4) is 0 Å². The van der Waals surface area contributed by atoms with Crippen molar-refractivity contribution in [2.24, 2.45) is 0 Å². The fourth-order valence-corrected chi connectivity index (χ4v) is 1.08. The van der Waals surface area contributed by atoms with Crippen molar-refractivity contribution in [2.45, 2.75) is 26.8 Å². The standard InChI is InChI=1S/C8H13NO/c1-6(2)9-5-4-7(3)8(9)10/h4,6H,5H2,1-3H3. The fourth-order valence-electron chi connectivity index (χ4n) is 1.08. The van der Waals surface area contributed by atoms with Crippen LogP contribution in [0.15, 0.2) is 11.6 Å². The van der Waals surface area contributed by atoms with E-state index in [1.807, 2.05) is 31.7 Å². The Labute approximate surface area is 61.5 Å². The van der Waals surface area contributed by atoms with Gasteiger partial charge in [0.25, 0.3) is 0 Å². The van der Waals surface area contributed by atoms with Crippen LogP contribution in [0, 0.1) is 0 Å². The van der Waals surface area contributed by atoms with E-state index in [0.29, 0.717) is 6.04 Å². The molecule has 1 amide bonds. The normalized spacial score (nSPS) is 18.6. The molecule has 0 saturated heterocycles. The highest BCUT2D eigenvalue weighted by Crippen LogP contribution is 2.12. The first-order chi connectivity index (χ1) is 4.63. The van der Waals surface area contributed by atoms with E-state index in [0.717, 1.165) is 12.1 Å². The molecule has 2 heteroatoms. The van der Waals surface area contributed by atoms with Gasteiger partial charge in [-0.15, -0.1) is 0 Å². The van der Waals surface area contributed by atoms with Gasteiger partial charge in [-0.05, 0) is 20.8 Å². The van der Waals surface area contributed by atoms with E-state index in [1.54, 1.807) is 0 Å². The average molecular weight is 139 g/mol. The minimum atomic E-state index is 0.190. The molecular formula is C8H13NO. The van der Waals surface area contributed by atoms with E-state index in [-0.39, 0.29) is 5.91 Å². The van der Waals surface area contributed by atoms with Crippen molar-refractivity contribution < 1.29 is 4.79 Å². The summed E-state index contributed by atoms with van der Waals surface area (Å²) in [6, 6.07) is 0.334. The topological polar surface area (TPSA) is 20.3 Å². The number of amides is 1. The molecule has 0 spiro atoms. The van der Waals surface area contributed by atoms with Gasteiger partial charge in [0.05, 0.1) is 0 Å². The number of rotatable bonds is 1. The van der Waals surface area contributed by atoms with Crippen molar-refractivity contribution >= 4 is 5.91 Å². The van der Waals surface area contributed by atoms with Crippen molar-refractivity contribution in [2.75, 3.05) is 6.54 Å². The molecule has 2 nitrogen and oxygen atoms in total. The zero-order chi connectivity index (χ0) is 7.72. The summed E-state index contributed by atoms with van der Waals surface area (Å²) in [6.45, 7) is 6.72. The lowest BCUT2D eigenvalue weighted by Gasteiger charge is -2.20. The molecule has 0 radical (unpaired) electrons. The molecule has 0 saturated carbocycles. The van der Waals surface area contributed by atoms with Crippen molar-refractivity contribution in [3.05, 3.63) is 11.6 Å². The van der Waals surface area contributed by atoms with Gasteiger partial charge in [0, 0.05) is 18.2 Å². The predicted octanol–water partition coefficient (Wildman–Crippen LogP) is 1.18. The Bertz CT molecular complexity index is 182. The number of nitrogens with zero attached hydrogens (tertiary/aromatic N) is 1. The number of carbonyl (C=O) groups excluding carboxylic acids is 1. The number of hydrogen-bond acceptors (Lipinski definition) is 1. The average Bonchev–Trinajstić information content (AvgIpc) is 2.14. The first-order valence-electron chi connectivity index (χ1n) is 3.60. The number of carbonyl (C=O) groups is 1. The van der Waals surface area contributed by atoms with E-state index >= 15 is 0 Å². The molecule has 0 unspecified atom stereocenters. The van der Waals surface area contributed by atoms with E-state index in [2.05, 4.69) is 0 Å². The quantitative estimate of drug-likeness (QED) is 0.534. The van der Waals surface area contributed by atoms with Crippen LogP contribution in [0.2, 0.25) is 0 Å². The molecule has 56 valence electrons. The van der Waals surface area contributed by atoms with Crippen molar-refractivity contribution in [3.63, 3.8) is 0 Å². The summed E-state index contributed by atoms with van der Waals surface area (Å²) in [7, 11) is 0. The Morgan fingerprint density at radius 2 is 2.20 bits per heavy atom. The summed E-state index contributed by atoms with van der Waals surface area (Å²) < 4.78 is 0. The molecule has 0 aromatic heterocycles. The first kappa shape index (κ1) is 7.32. The molecule has 0 N–H and O–H groups in total. The van der Waals surface area contributed by atoms with Crippen molar-refractivity contribution in [1.29, 1.82) is 0 Å². The molecule has 1 heterocycles. The number of hydrogen-bond donors (Lipinski definition) is 0. The Kier molecular flexibility index (Phi) is 1.79. The Morgan fingerprint density at radius 1 is 1.60 bits per heavy atom. The molecule has 0 fully saturated rings. The summed E-state index contributed by atoms with van der Waals surface area (Å²) in [5, 5.41) is 0. The SMILES string of the molecule is CC1=CCN(C(C)C)C1=O. The lowest BCUT2D eigenvalue weighted by molar-refractivity contribution is -0.126. The second-order valence-corrected chi connectivity index (χ2v) is 2.94. The van der Waals surface area contributed by atoms with Crippen LogP contribution in [0.5, 0.6) is 0 Å². The summed E-state index contributed by atoms with van der Waals surface area (Å²) in [5.74, 6) is 0.190. The monoisotopic (exact) mass is 139 g/mol. The maximum absolute atomic E-state index is 11.2. The van der Waals surface area contributed by atoms with Crippen LogP contribution in [0.3, 0.4) is 0 Å². The zero-order valence-corrected chi connectivity index (χ0v) is 6.72. The minimum Gasteiger partial charge on any atom is -0.333 e. The molecular weight excluding hydrogens is 126 g/mol. The van der Waals surface area contributed by atoms with Gasteiger partial charge in [0.1, 0.15) is 0 Å². The second-order valence-electron chi connectivity index (χ2n) is 2.94.